The van der Waals surface area contributed by atoms with Crippen molar-refractivity contribution in [2.45, 2.75) is 0 Å². The van der Waals surface area contributed by atoms with Gasteiger partial charge in [0.15, 0.2) is 11.0 Å². The van der Waals surface area contributed by atoms with Crippen molar-refractivity contribution in [1.82, 2.24) is 24.5 Å². The fourth-order valence-corrected chi connectivity index (χ4v) is 2.08. The number of carboxylic acid groups (broad SMARTS) is 1. The lowest BCUT2D eigenvalue weighted by molar-refractivity contribution is 0.194. The average Bonchev–Trinajstić information content (AvgIpc) is 2.97. The minimum atomic E-state index is -1.34. The van der Waals surface area contributed by atoms with E-state index in [0.717, 1.165) is 0 Å². The molecule has 0 saturated carbocycles. The molecule has 3 aromatic rings. The second-order valence-electron chi connectivity index (χ2n) is 4.07. The summed E-state index contributed by atoms with van der Waals surface area (Å²) >= 11 is 5.65. The maximum atomic E-state index is 14.2. The van der Waals surface area contributed by atoms with E-state index in [4.69, 9.17) is 16.7 Å². The van der Waals surface area contributed by atoms with Crippen LogP contribution in [0.2, 0.25) is 5.15 Å². The zero-order chi connectivity index (χ0) is 14.4. The summed E-state index contributed by atoms with van der Waals surface area (Å²) in [5.41, 5.74) is 0.661. The smallest absolute Gasteiger partial charge is 0.432 e. The van der Waals surface area contributed by atoms with Crippen LogP contribution in [0.25, 0.3) is 22.2 Å². The average molecular weight is 296 g/mol. The quantitative estimate of drug-likeness (QED) is 0.695. The van der Waals surface area contributed by atoms with Gasteiger partial charge in [-0.1, -0.05) is 11.6 Å². The highest BCUT2D eigenvalue weighted by Crippen LogP contribution is 2.31. The van der Waals surface area contributed by atoms with Crippen molar-refractivity contribution in [3.63, 3.8) is 0 Å². The number of nitrogens with zero attached hydrogens (tertiary/aromatic N) is 5. The number of fused-ring (bicyclic) bond motifs is 1. The summed E-state index contributed by atoms with van der Waals surface area (Å²) < 4.78 is 16.3. The van der Waals surface area contributed by atoms with Crippen LogP contribution in [0.3, 0.4) is 0 Å². The Morgan fingerprint density at radius 1 is 1.45 bits per heavy atom. The Kier molecular flexibility index (Phi) is 2.68. The first-order valence-electron chi connectivity index (χ1n) is 5.44. The third-order valence-electron chi connectivity index (χ3n) is 2.78. The number of halogens is 2. The van der Waals surface area contributed by atoms with Crippen LogP contribution >= 0.6 is 11.6 Å². The van der Waals surface area contributed by atoms with Crippen LogP contribution < -0.4 is 0 Å². The van der Waals surface area contributed by atoms with E-state index < -0.39 is 11.9 Å². The standard InChI is InChI=1S/C11H7ClFN5O2/c1-17-4-5(2-15-17)9-7-6(18(16-9)11(19)20)3-14-10(12)8(7)13/h2-4H,1H3,(H,19,20). The Morgan fingerprint density at radius 3 is 2.80 bits per heavy atom. The zero-order valence-corrected chi connectivity index (χ0v) is 10.8. The highest BCUT2D eigenvalue weighted by molar-refractivity contribution is 6.30. The van der Waals surface area contributed by atoms with E-state index >= 15 is 0 Å². The van der Waals surface area contributed by atoms with Gasteiger partial charge in [-0.15, -0.1) is 0 Å². The van der Waals surface area contributed by atoms with Gasteiger partial charge in [0, 0.05) is 18.8 Å². The summed E-state index contributed by atoms with van der Waals surface area (Å²) in [6.45, 7) is 0. The van der Waals surface area contributed by atoms with Gasteiger partial charge in [-0.3, -0.25) is 4.68 Å². The third kappa shape index (κ3) is 1.73. The van der Waals surface area contributed by atoms with Crippen LogP contribution in [-0.2, 0) is 7.05 Å². The van der Waals surface area contributed by atoms with Gasteiger partial charge in [-0.2, -0.15) is 14.9 Å². The van der Waals surface area contributed by atoms with E-state index in [2.05, 4.69) is 15.2 Å². The summed E-state index contributed by atoms with van der Waals surface area (Å²) in [7, 11) is 1.69. The van der Waals surface area contributed by atoms with Gasteiger partial charge < -0.3 is 5.11 Å². The summed E-state index contributed by atoms with van der Waals surface area (Å²) in [5.74, 6) is -0.810. The first kappa shape index (κ1) is 12.5. The molecule has 3 aromatic heterocycles. The van der Waals surface area contributed by atoms with Gasteiger partial charge in [0.05, 0.1) is 17.8 Å². The molecular weight excluding hydrogens is 289 g/mol. The number of pyridine rings is 1. The van der Waals surface area contributed by atoms with E-state index in [0.29, 0.717) is 10.2 Å². The van der Waals surface area contributed by atoms with Crippen LogP contribution in [-0.4, -0.2) is 35.7 Å². The van der Waals surface area contributed by atoms with Crippen molar-refractivity contribution >= 4 is 28.6 Å². The minimum Gasteiger partial charge on any atom is -0.463 e. The molecule has 0 aliphatic heterocycles. The fourth-order valence-electron chi connectivity index (χ4n) is 1.94. The number of carbonyl (C=O) groups is 1. The molecule has 0 aromatic carbocycles. The lowest BCUT2D eigenvalue weighted by Crippen LogP contribution is -2.09. The van der Waals surface area contributed by atoms with Gasteiger partial charge >= 0.3 is 6.09 Å². The molecule has 0 atom stereocenters. The molecule has 0 bridgehead atoms. The molecule has 1 N–H and O–H groups in total. The van der Waals surface area contributed by atoms with Crippen LogP contribution in [0.15, 0.2) is 18.6 Å². The van der Waals surface area contributed by atoms with Crippen molar-refractivity contribution in [2.24, 2.45) is 7.05 Å². The topological polar surface area (TPSA) is 85.8 Å². The molecule has 102 valence electrons. The zero-order valence-electron chi connectivity index (χ0n) is 10.1. The van der Waals surface area contributed by atoms with Crippen LogP contribution in [0, 0.1) is 5.82 Å². The fraction of sp³-hybridized carbons (Fsp3) is 0.0909. The van der Waals surface area contributed by atoms with E-state index in [1.807, 2.05) is 0 Å². The summed E-state index contributed by atoms with van der Waals surface area (Å²) in [6.07, 6.45) is 2.89. The van der Waals surface area contributed by atoms with Crippen molar-refractivity contribution in [3.8, 4) is 11.3 Å². The molecule has 9 heteroatoms. The van der Waals surface area contributed by atoms with Gasteiger partial charge in [-0.05, 0) is 0 Å². The van der Waals surface area contributed by atoms with Crippen molar-refractivity contribution in [3.05, 3.63) is 29.6 Å². The number of aromatic nitrogens is 5. The normalized spacial score (nSPS) is 11.2. The summed E-state index contributed by atoms with van der Waals surface area (Å²) in [5, 5.41) is 16.6. The monoisotopic (exact) mass is 295 g/mol. The summed E-state index contributed by atoms with van der Waals surface area (Å²) in [4.78, 5) is 14.8. The number of rotatable bonds is 1. The van der Waals surface area contributed by atoms with Gasteiger partial charge in [0.25, 0.3) is 0 Å². The van der Waals surface area contributed by atoms with E-state index in [9.17, 15) is 9.18 Å². The van der Waals surface area contributed by atoms with Gasteiger partial charge in [0.1, 0.15) is 11.2 Å². The molecule has 3 heterocycles. The summed E-state index contributed by atoms with van der Waals surface area (Å²) in [6, 6.07) is 0. The predicted molar refractivity (Wildman–Crippen MR) is 68.1 cm³/mol. The van der Waals surface area contributed by atoms with Crippen LogP contribution in [0.4, 0.5) is 9.18 Å². The molecule has 0 unspecified atom stereocenters. The Balaban J connectivity index is 2.42. The predicted octanol–water partition coefficient (Wildman–Crippen LogP) is 2.15. The Morgan fingerprint density at radius 2 is 2.20 bits per heavy atom. The highest BCUT2D eigenvalue weighted by atomic mass is 35.5. The molecule has 0 spiro atoms. The number of aryl methyl sites for hydroxylation is 1. The van der Waals surface area contributed by atoms with Crippen molar-refractivity contribution < 1.29 is 14.3 Å². The van der Waals surface area contributed by atoms with E-state index in [-0.39, 0.29) is 21.7 Å². The Hall–Kier alpha value is -2.48. The molecule has 0 aliphatic carbocycles. The first-order chi connectivity index (χ1) is 9.49. The second kappa shape index (κ2) is 4.27. The highest BCUT2D eigenvalue weighted by Gasteiger charge is 2.22. The van der Waals surface area contributed by atoms with Crippen molar-refractivity contribution in [1.29, 1.82) is 0 Å². The van der Waals surface area contributed by atoms with Gasteiger partial charge in [0.2, 0.25) is 0 Å². The van der Waals surface area contributed by atoms with Crippen LogP contribution in [0.1, 0.15) is 0 Å². The maximum Gasteiger partial charge on any atom is 0.432 e. The van der Waals surface area contributed by atoms with Crippen molar-refractivity contribution in [2.75, 3.05) is 0 Å². The number of hydrogen-bond acceptors (Lipinski definition) is 4. The molecule has 20 heavy (non-hydrogen) atoms. The Bertz CT molecular complexity index is 841. The molecule has 0 saturated heterocycles. The SMILES string of the molecule is Cn1cc(-c2nn(C(=O)O)c3cnc(Cl)c(F)c23)cn1. The largest absolute Gasteiger partial charge is 0.463 e. The first-order valence-corrected chi connectivity index (χ1v) is 5.82. The minimum absolute atomic E-state index is 0.000370. The maximum absolute atomic E-state index is 14.2. The molecule has 0 aliphatic rings. The third-order valence-corrected chi connectivity index (χ3v) is 3.04. The molecule has 3 rings (SSSR count). The van der Waals surface area contributed by atoms with E-state index in [1.54, 1.807) is 13.2 Å². The van der Waals surface area contributed by atoms with Crippen LogP contribution in [0.5, 0.6) is 0 Å². The number of hydrogen-bond donors (Lipinski definition) is 1. The Labute approximate surface area is 116 Å². The lowest BCUT2D eigenvalue weighted by atomic mass is 10.1. The molecule has 0 radical (unpaired) electrons. The van der Waals surface area contributed by atoms with Gasteiger partial charge in [-0.25, -0.2) is 14.2 Å². The molecule has 0 amide bonds. The second-order valence-corrected chi connectivity index (χ2v) is 4.43. The molecule has 0 fully saturated rings. The molecular formula is C11H7ClFN5O2. The molecule has 7 nitrogen and oxygen atoms in total. The lowest BCUT2D eigenvalue weighted by Gasteiger charge is -1.97. The van der Waals surface area contributed by atoms with E-state index in [1.165, 1.54) is 17.1 Å².